The van der Waals surface area contributed by atoms with Crippen LogP contribution in [0.2, 0.25) is 0 Å². The van der Waals surface area contributed by atoms with Crippen molar-refractivity contribution in [2.45, 2.75) is 38.5 Å². The van der Waals surface area contributed by atoms with Crippen LogP contribution >= 0.6 is 0 Å². The van der Waals surface area contributed by atoms with E-state index in [9.17, 15) is 9.59 Å². The van der Waals surface area contributed by atoms with Crippen molar-refractivity contribution in [1.29, 1.82) is 0 Å². The number of carbonyl (C=O) groups is 2. The summed E-state index contributed by atoms with van der Waals surface area (Å²) in [5, 5.41) is 2.93. The monoisotopic (exact) mass is 396 g/mol. The summed E-state index contributed by atoms with van der Waals surface area (Å²) in [5.74, 6) is 0.496. The van der Waals surface area contributed by atoms with E-state index < -0.39 is 12.1 Å². The first kappa shape index (κ1) is 20.9. The SMILES string of the molecule is CC(C)N1C(=O)CO[C@H](C(=O)NCCCOc2ccccc2)[C@H]1c1ccccc1. The zero-order valence-electron chi connectivity index (χ0n) is 16.9. The van der Waals surface area contributed by atoms with Gasteiger partial charge in [-0.05, 0) is 38.0 Å². The van der Waals surface area contributed by atoms with E-state index in [4.69, 9.17) is 9.47 Å². The molecule has 0 aromatic heterocycles. The van der Waals surface area contributed by atoms with Crippen molar-refractivity contribution in [3.05, 3.63) is 66.2 Å². The lowest BCUT2D eigenvalue weighted by Crippen LogP contribution is -2.56. The van der Waals surface area contributed by atoms with Crippen LogP contribution in [0, 0.1) is 0 Å². The summed E-state index contributed by atoms with van der Waals surface area (Å²) >= 11 is 0. The molecule has 0 saturated carbocycles. The van der Waals surface area contributed by atoms with Gasteiger partial charge in [0.2, 0.25) is 5.91 Å². The lowest BCUT2D eigenvalue weighted by molar-refractivity contribution is -0.167. The van der Waals surface area contributed by atoms with Gasteiger partial charge in [-0.15, -0.1) is 0 Å². The lowest BCUT2D eigenvalue weighted by Gasteiger charge is -2.42. The first-order valence-electron chi connectivity index (χ1n) is 10.0. The Hall–Kier alpha value is -2.86. The van der Waals surface area contributed by atoms with Gasteiger partial charge in [0, 0.05) is 12.6 Å². The number of nitrogens with one attached hydrogen (secondary N) is 1. The fraction of sp³-hybridized carbons (Fsp3) is 0.391. The molecule has 1 aliphatic heterocycles. The van der Waals surface area contributed by atoms with Crippen LogP contribution in [0.1, 0.15) is 31.9 Å². The van der Waals surface area contributed by atoms with Gasteiger partial charge in [0.05, 0.1) is 12.6 Å². The average molecular weight is 396 g/mol. The molecule has 6 nitrogen and oxygen atoms in total. The normalized spacial score (nSPS) is 19.3. The molecule has 2 aromatic rings. The number of hydrogen-bond acceptors (Lipinski definition) is 4. The van der Waals surface area contributed by atoms with Gasteiger partial charge in [-0.2, -0.15) is 0 Å². The van der Waals surface area contributed by atoms with Crippen LogP contribution in [0.25, 0.3) is 0 Å². The summed E-state index contributed by atoms with van der Waals surface area (Å²) in [5.41, 5.74) is 0.891. The maximum atomic E-state index is 12.9. The second-order valence-electron chi connectivity index (χ2n) is 7.29. The highest BCUT2D eigenvalue weighted by molar-refractivity contribution is 5.86. The molecule has 0 bridgehead atoms. The number of para-hydroxylation sites is 1. The number of benzene rings is 2. The molecule has 0 unspecified atom stereocenters. The van der Waals surface area contributed by atoms with Gasteiger partial charge in [-0.25, -0.2) is 0 Å². The predicted molar refractivity (Wildman–Crippen MR) is 110 cm³/mol. The minimum Gasteiger partial charge on any atom is -0.494 e. The number of hydrogen-bond donors (Lipinski definition) is 1. The Kier molecular flexibility index (Phi) is 7.25. The van der Waals surface area contributed by atoms with Gasteiger partial charge in [0.25, 0.3) is 5.91 Å². The molecule has 3 rings (SSSR count). The number of amides is 2. The van der Waals surface area contributed by atoms with Crippen molar-refractivity contribution in [2.75, 3.05) is 19.8 Å². The fourth-order valence-corrected chi connectivity index (χ4v) is 3.53. The maximum absolute atomic E-state index is 12.9. The maximum Gasteiger partial charge on any atom is 0.251 e. The van der Waals surface area contributed by atoms with Crippen LogP contribution in [0.4, 0.5) is 0 Å². The molecule has 6 heteroatoms. The number of carbonyl (C=O) groups excluding carboxylic acids is 2. The van der Waals surface area contributed by atoms with Crippen molar-refractivity contribution in [3.8, 4) is 5.75 Å². The third kappa shape index (κ3) is 5.35. The van der Waals surface area contributed by atoms with Gasteiger partial charge in [-0.1, -0.05) is 48.5 Å². The van der Waals surface area contributed by atoms with Crippen LogP contribution in [0.3, 0.4) is 0 Å². The molecule has 0 spiro atoms. The minimum absolute atomic E-state index is 0.0359. The van der Waals surface area contributed by atoms with Crippen molar-refractivity contribution >= 4 is 11.8 Å². The molecule has 0 aliphatic carbocycles. The molecule has 29 heavy (non-hydrogen) atoms. The Morgan fingerprint density at radius 3 is 2.45 bits per heavy atom. The summed E-state index contributed by atoms with van der Waals surface area (Å²) in [6.07, 6.45) is -0.0662. The average Bonchev–Trinajstić information content (AvgIpc) is 2.74. The van der Waals surface area contributed by atoms with E-state index in [-0.39, 0.29) is 24.5 Å². The van der Waals surface area contributed by atoms with Crippen molar-refractivity contribution in [1.82, 2.24) is 10.2 Å². The third-order valence-corrected chi connectivity index (χ3v) is 4.85. The first-order chi connectivity index (χ1) is 14.1. The Morgan fingerprint density at radius 1 is 1.14 bits per heavy atom. The van der Waals surface area contributed by atoms with Crippen LogP contribution < -0.4 is 10.1 Å². The minimum atomic E-state index is -0.743. The van der Waals surface area contributed by atoms with E-state index in [2.05, 4.69) is 5.32 Å². The van der Waals surface area contributed by atoms with E-state index in [0.29, 0.717) is 19.6 Å². The van der Waals surface area contributed by atoms with Crippen LogP contribution in [0.15, 0.2) is 60.7 Å². The smallest absolute Gasteiger partial charge is 0.251 e. The molecule has 2 aromatic carbocycles. The Balaban J connectivity index is 1.60. The molecule has 1 heterocycles. The van der Waals surface area contributed by atoms with Gasteiger partial charge >= 0.3 is 0 Å². The van der Waals surface area contributed by atoms with E-state index in [1.807, 2.05) is 74.5 Å². The Bertz CT molecular complexity index is 795. The van der Waals surface area contributed by atoms with Crippen LogP contribution in [-0.2, 0) is 14.3 Å². The molecule has 1 N–H and O–H groups in total. The Labute approximate surface area is 171 Å². The van der Waals surface area contributed by atoms with Gasteiger partial charge < -0.3 is 19.7 Å². The molecule has 2 amide bonds. The molecule has 1 aliphatic rings. The topological polar surface area (TPSA) is 67.9 Å². The summed E-state index contributed by atoms with van der Waals surface area (Å²) < 4.78 is 11.3. The van der Waals surface area contributed by atoms with Crippen molar-refractivity contribution in [2.24, 2.45) is 0 Å². The predicted octanol–water partition coefficient (Wildman–Crippen LogP) is 2.95. The zero-order valence-corrected chi connectivity index (χ0v) is 16.9. The molecule has 154 valence electrons. The second kappa shape index (κ2) is 10.1. The van der Waals surface area contributed by atoms with Crippen LogP contribution in [-0.4, -0.2) is 48.6 Å². The van der Waals surface area contributed by atoms with Gasteiger partial charge in [-0.3, -0.25) is 9.59 Å². The summed E-state index contributed by atoms with van der Waals surface area (Å²) in [6.45, 7) is 4.80. The molecule has 0 radical (unpaired) electrons. The molecule has 2 atom stereocenters. The third-order valence-electron chi connectivity index (χ3n) is 4.85. The van der Waals surface area contributed by atoms with E-state index >= 15 is 0 Å². The van der Waals surface area contributed by atoms with Crippen LogP contribution in [0.5, 0.6) is 5.75 Å². The number of morpholine rings is 1. The molecule has 1 saturated heterocycles. The largest absolute Gasteiger partial charge is 0.494 e. The van der Waals surface area contributed by atoms with E-state index in [1.54, 1.807) is 4.90 Å². The summed E-state index contributed by atoms with van der Waals surface area (Å²) in [7, 11) is 0. The molecule has 1 fully saturated rings. The van der Waals surface area contributed by atoms with Gasteiger partial charge in [0.15, 0.2) is 6.10 Å². The number of ether oxygens (including phenoxy) is 2. The van der Waals surface area contributed by atoms with Gasteiger partial charge in [0.1, 0.15) is 12.4 Å². The fourth-order valence-electron chi connectivity index (χ4n) is 3.53. The zero-order chi connectivity index (χ0) is 20.6. The first-order valence-corrected chi connectivity index (χ1v) is 10.0. The molecular formula is C23H28N2O4. The lowest BCUT2D eigenvalue weighted by atomic mass is 9.96. The summed E-state index contributed by atoms with van der Waals surface area (Å²) in [6, 6.07) is 18.7. The number of nitrogens with zero attached hydrogens (tertiary/aromatic N) is 1. The summed E-state index contributed by atoms with van der Waals surface area (Å²) in [4.78, 5) is 27.1. The van der Waals surface area contributed by atoms with Crippen molar-refractivity contribution in [3.63, 3.8) is 0 Å². The van der Waals surface area contributed by atoms with E-state index in [1.165, 1.54) is 0 Å². The highest BCUT2D eigenvalue weighted by Gasteiger charge is 2.42. The van der Waals surface area contributed by atoms with Crippen molar-refractivity contribution < 1.29 is 19.1 Å². The highest BCUT2D eigenvalue weighted by atomic mass is 16.5. The molecular weight excluding hydrogens is 368 g/mol. The quantitative estimate of drug-likeness (QED) is 0.697. The van der Waals surface area contributed by atoms with E-state index in [0.717, 1.165) is 11.3 Å². The highest BCUT2D eigenvalue weighted by Crippen LogP contribution is 2.32. The number of rotatable bonds is 8. The second-order valence-corrected chi connectivity index (χ2v) is 7.29. The Morgan fingerprint density at radius 2 is 1.79 bits per heavy atom. The standard InChI is InChI=1S/C23H28N2O4/c1-17(2)25-20(26)16-29-22(21(25)18-10-5-3-6-11-18)23(27)24-14-9-15-28-19-12-7-4-8-13-19/h3-8,10-13,17,21-22H,9,14-16H2,1-2H3,(H,24,27)/t21-,22+/m1/s1.